The van der Waals surface area contributed by atoms with E-state index in [9.17, 15) is 0 Å². The number of aromatic nitrogens is 2. The van der Waals surface area contributed by atoms with Crippen LogP contribution in [-0.4, -0.2) is 16.7 Å². The van der Waals surface area contributed by atoms with Crippen LogP contribution < -0.4 is 5.32 Å². The second-order valence-electron chi connectivity index (χ2n) is 4.26. The van der Waals surface area contributed by atoms with E-state index in [4.69, 9.17) is 0 Å². The monoisotopic (exact) mass is 221 g/mol. The molecule has 0 spiro atoms. The highest BCUT2D eigenvalue weighted by molar-refractivity contribution is 4.98. The predicted octanol–water partition coefficient (Wildman–Crippen LogP) is 2.78. The lowest BCUT2D eigenvalue weighted by atomic mass is 9.99. The highest BCUT2D eigenvalue weighted by atomic mass is 15.1. The predicted molar refractivity (Wildman–Crippen MR) is 67.0 cm³/mol. The molecule has 1 aromatic rings. The van der Waals surface area contributed by atoms with Gasteiger partial charge in [-0.1, -0.05) is 33.1 Å². The fourth-order valence-electron chi connectivity index (χ4n) is 1.78. The van der Waals surface area contributed by atoms with Crippen LogP contribution in [0.3, 0.4) is 0 Å². The Morgan fingerprint density at radius 2 is 2.25 bits per heavy atom. The summed E-state index contributed by atoms with van der Waals surface area (Å²) in [5.41, 5.74) is 1.02. The molecule has 0 aliphatic heterocycles. The first kappa shape index (κ1) is 13.1. The largest absolute Gasteiger partial charge is 0.311 e. The molecule has 3 nitrogen and oxygen atoms in total. The number of nitrogens with one attached hydrogen (secondary N) is 1. The summed E-state index contributed by atoms with van der Waals surface area (Å²) in [6.45, 7) is 6.44. The summed E-state index contributed by atoms with van der Waals surface area (Å²) in [5.74, 6) is 0.802. The summed E-state index contributed by atoms with van der Waals surface area (Å²) in [6.07, 6.45) is 6.93. The zero-order valence-electron chi connectivity index (χ0n) is 10.4. The van der Waals surface area contributed by atoms with Crippen LogP contribution in [-0.2, 0) is 6.54 Å². The maximum Gasteiger partial charge on any atom is 0.0768 e. The summed E-state index contributed by atoms with van der Waals surface area (Å²) < 4.78 is 0. The SMILES string of the molecule is CCCCC(CC)CNCc1cccnn1. The molecule has 0 aromatic carbocycles. The Morgan fingerprint density at radius 3 is 2.88 bits per heavy atom. The Bertz CT molecular complexity index is 261. The lowest BCUT2D eigenvalue weighted by Crippen LogP contribution is -2.22. The number of rotatable bonds is 8. The molecule has 1 N–H and O–H groups in total. The van der Waals surface area contributed by atoms with Crippen molar-refractivity contribution in [3.63, 3.8) is 0 Å². The molecule has 0 aliphatic rings. The topological polar surface area (TPSA) is 37.8 Å². The van der Waals surface area contributed by atoms with Gasteiger partial charge in [0.2, 0.25) is 0 Å². The highest BCUT2D eigenvalue weighted by Gasteiger charge is 2.05. The van der Waals surface area contributed by atoms with Crippen molar-refractivity contribution in [2.45, 2.75) is 46.1 Å². The average Bonchev–Trinajstić information content (AvgIpc) is 2.35. The van der Waals surface area contributed by atoms with Gasteiger partial charge in [0.25, 0.3) is 0 Å². The summed E-state index contributed by atoms with van der Waals surface area (Å²) in [7, 11) is 0. The quantitative estimate of drug-likeness (QED) is 0.733. The molecule has 1 rings (SSSR count). The van der Waals surface area contributed by atoms with Gasteiger partial charge in [0, 0.05) is 12.7 Å². The minimum absolute atomic E-state index is 0.802. The molecule has 1 aromatic heterocycles. The molecule has 0 bridgehead atoms. The van der Waals surface area contributed by atoms with Gasteiger partial charge in [-0.3, -0.25) is 0 Å². The minimum atomic E-state index is 0.802. The standard InChI is InChI=1S/C13H23N3/c1-3-5-7-12(4-2)10-14-11-13-8-6-9-15-16-13/h6,8-9,12,14H,3-5,7,10-11H2,1-2H3. The molecular formula is C13H23N3. The van der Waals surface area contributed by atoms with Crippen LogP contribution in [0, 0.1) is 5.92 Å². The third-order valence-electron chi connectivity index (χ3n) is 2.91. The van der Waals surface area contributed by atoms with Gasteiger partial charge in [0.15, 0.2) is 0 Å². The summed E-state index contributed by atoms with van der Waals surface area (Å²) in [4.78, 5) is 0. The van der Waals surface area contributed by atoms with Gasteiger partial charge < -0.3 is 5.32 Å². The molecule has 16 heavy (non-hydrogen) atoms. The van der Waals surface area contributed by atoms with E-state index in [1.807, 2.05) is 12.1 Å². The van der Waals surface area contributed by atoms with Crippen LogP contribution in [0.5, 0.6) is 0 Å². The Labute approximate surface area is 98.7 Å². The molecule has 0 aliphatic carbocycles. The van der Waals surface area contributed by atoms with Gasteiger partial charge in [0.05, 0.1) is 5.69 Å². The van der Waals surface area contributed by atoms with E-state index in [0.29, 0.717) is 0 Å². The van der Waals surface area contributed by atoms with Crippen molar-refractivity contribution in [1.82, 2.24) is 15.5 Å². The third-order valence-corrected chi connectivity index (χ3v) is 2.91. The van der Waals surface area contributed by atoms with E-state index in [1.54, 1.807) is 6.20 Å². The van der Waals surface area contributed by atoms with Crippen molar-refractivity contribution in [3.8, 4) is 0 Å². The van der Waals surface area contributed by atoms with Crippen LogP contribution in [0.4, 0.5) is 0 Å². The van der Waals surface area contributed by atoms with Crippen molar-refractivity contribution >= 4 is 0 Å². The number of hydrogen-bond acceptors (Lipinski definition) is 3. The summed E-state index contributed by atoms with van der Waals surface area (Å²) >= 11 is 0. The number of hydrogen-bond donors (Lipinski definition) is 1. The molecule has 1 atom stereocenters. The van der Waals surface area contributed by atoms with Crippen molar-refractivity contribution in [3.05, 3.63) is 24.0 Å². The zero-order chi connectivity index (χ0) is 11.6. The van der Waals surface area contributed by atoms with E-state index < -0.39 is 0 Å². The Morgan fingerprint density at radius 1 is 1.38 bits per heavy atom. The molecule has 90 valence electrons. The van der Waals surface area contributed by atoms with Crippen molar-refractivity contribution in [1.29, 1.82) is 0 Å². The molecule has 0 saturated carbocycles. The fraction of sp³-hybridized carbons (Fsp3) is 0.692. The first-order chi connectivity index (χ1) is 7.86. The smallest absolute Gasteiger partial charge is 0.0768 e. The van der Waals surface area contributed by atoms with Gasteiger partial charge in [-0.25, -0.2) is 0 Å². The number of nitrogens with zero attached hydrogens (tertiary/aromatic N) is 2. The fourth-order valence-corrected chi connectivity index (χ4v) is 1.78. The highest BCUT2D eigenvalue weighted by Crippen LogP contribution is 2.11. The molecule has 3 heteroatoms. The number of unbranched alkanes of at least 4 members (excludes halogenated alkanes) is 1. The van der Waals surface area contributed by atoms with Gasteiger partial charge in [0.1, 0.15) is 0 Å². The van der Waals surface area contributed by atoms with Crippen LogP contribution in [0.15, 0.2) is 18.3 Å². The summed E-state index contributed by atoms with van der Waals surface area (Å²) in [5, 5.41) is 11.4. The van der Waals surface area contributed by atoms with Crippen molar-refractivity contribution in [2.75, 3.05) is 6.54 Å². The van der Waals surface area contributed by atoms with Gasteiger partial charge in [-0.05, 0) is 31.0 Å². The molecule has 0 fully saturated rings. The van der Waals surface area contributed by atoms with Gasteiger partial charge in [-0.15, -0.1) is 0 Å². The zero-order valence-corrected chi connectivity index (χ0v) is 10.4. The van der Waals surface area contributed by atoms with Crippen LogP contribution in [0.1, 0.15) is 45.2 Å². The average molecular weight is 221 g/mol. The van der Waals surface area contributed by atoms with E-state index in [0.717, 1.165) is 24.7 Å². The maximum absolute atomic E-state index is 4.05. The molecule has 0 radical (unpaired) electrons. The van der Waals surface area contributed by atoms with E-state index in [-0.39, 0.29) is 0 Å². The first-order valence-corrected chi connectivity index (χ1v) is 6.34. The van der Waals surface area contributed by atoms with Crippen LogP contribution in [0.2, 0.25) is 0 Å². The van der Waals surface area contributed by atoms with Gasteiger partial charge in [-0.2, -0.15) is 10.2 Å². The van der Waals surface area contributed by atoms with Crippen LogP contribution in [0.25, 0.3) is 0 Å². The summed E-state index contributed by atoms with van der Waals surface area (Å²) in [6, 6.07) is 3.94. The molecule has 0 saturated heterocycles. The Balaban J connectivity index is 2.18. The van der Waals surface area contributed by atoms with E-state index in [2.05, 4.69) is 29.4 Å². The third kappa shape index (κ3) is 5.21. The maximum atomic E-state index is 4.05. The Kier molecular flexibility index (Phi) is 6.74. The lowest BCUT2D eigenvalue weighted by Gasteiger charge is -2.14. The van der Waals surface area contributed by atoms with E-state index in [1.165, 1.54) is 25.7 Å². The lowest BCUT2D eigenvalue weighted by molar-refractivity contribution is 0.417. The van der Waals surface area contributed by atoms with Crippen molar-refractivity contribution < 1.29 is 0 Å². The van der Waals surface area contributed by atoms with Crippen molar-refractivity contribution in [2.24, 2.45) is 5.92 Å². The molecular weight excluding hydrogens is 198 g/mol. The van der Waals surface area contributed by atoms with Gasteiger partial charge >= 0.3 is 0 Å². The minimum Gasteiger partial charge on any atom is -0.311 e. The van der Waals surface area contributed by atoms with E-state index >= 15 is 0 Å². The molecule has 0 amide bonds. The molecule has 1 unspecified atom stereocenters. The Hall–Kier alpha value is -0.960. The second kappa shape index (κ2) is 8.22. The second-order valence-corrected chi connectivity index (χ2v) is 4.26. The molecule has 1 heterocycles. The van der Waals surface area contributed by atoms with Crippen LogP contribution >= 0.6 is 0 Å². The normalized spacial score (nSPS) is 12.6. The first-order valence-electron chi connectivity index (χ1n) is 6.34.